The van der Waals surface area contributed by atoms with Crippen molar-refractivity contribution in [2.45, 2.75) is 45.3 Å². The van der Waals surface area contributed by atoms with Crippen LogP contribution >= 0.6 is 0 Å². The second-order valence-corrected chi connectivity index (χ2v) is 9.42. The Bertz CT molecular complexity index is 1070. The molecule has 0 spiro atoms. The molecule has 2 unspecified atom stereocenters. The van der Waals surface area contributed by atoms with Crippen molar-refractivity contribution in [1.29, 1.82) is 0 Å². The normalized spacial score (nSPS) is 19.4. The molecule has 2 amide bonds. The predicted molar refractivity (Wildman–Crippen MR) is 134 cm³/mol. The molecule has 10 heteroatoms. The molecule has 1 aliphatic heterocycles. The Morgan fingerprint density at radius 1 is 1.05 bits per heavy atom. The van der Waals surface area contributed by atoms with Crippen LogP contribution in [-0.4, -0.2) is 62.5 Å². The summed E-state index contributed by atoms with van der Waals surface area (Å²) in [6.45, 7) is 4.34. The monoisotopic (exact) mass is 514 g/mol. The highest BCUT2D eigenvalue weighted by Gasteiger charge is 2.43. The first-order chi connectivity index (χ1) is 17.6. The summed E-state index contributed by atoms with van der Waals surface area (Å²) in [5.74, 6) is -0.647. The summed E-state index contributed by atoms with van der Waals surface area (Å²) < 4.78 is 21.7. The Morgan fingerprint density at radius 2 is 1.73 bits per heavy atom. The zero-order chi connectivity index (χ0) is 27.0. The molecule has 10 nitrogen and oxygen atoms in total. The van der Waals surface area contributed by atoms with Gasteiger partial charge in [0.15, 0.2) is 6.29 Å². The molecule has 2 aromatic rings. The molecular formula is C27H34N2O8. The van der Waals surface area contributed by atoms with Gasteiger partial charge in [0.1, 0.15) is 18.0 Å². The van der Waals surface area contributed by atoms with Gasteiger partial charge < -0.3 is 34.7 Å². The van der Waals surface area contributed by atoms with Gasteiger partial charge in [0.05, 0.1) is 26.4 Å². The van der Waals surface area contributed by atoms with Gasteiger partial charge in [-0.15, -0.1) is 0 Å². The highest BCUT2D eigenvalue weighted by atomic mass is 16.7. The van der Waals surface area contributed by atoms with Crippen molar-refractivity contribution in [1.82, 2.24) is 10.6 Å². The van der Waals surface area contributed by atoms with Crippen molar-refractivity contribution in [2.75, 3.05) is 27.4 Å². The van der Waals surface area contributed by atoms with Crippen LogP contribution in [0.1, 0.15) is 48.0 Å². The molecule has 37 heavy (non-hydrogen) atoms. The first-order valence-electron chi connectivity index (χ1n) is 12.0. The number of nitrogens with one attached hydrogen (secondary N) is 2. The summed E-state index contributed by atoms with van der Waals surface area (Å²) in [6.07, 6.45) is -2.75. The van der Waals surface area contributed by atoms with Crippen LogP contribution in [0.2, 0.25) is 0 Å². The quantitative estimate of drug-likeness (QED) is 0.411. The topological polar surface area (TPSA) is 132 Å². The summed E-state index contributed by atoms with van der Waals surface area (Å²) in [5, 5.41) is 15.6. The Kier molecular flexibility index (Phi) is 9.62. The molecule has 2 aromatic carbocycles. The van der Waals surface area contributed by atoms with Crippen LogP contribution in [0.4, 0.5) is 0 Å². The molecule has 3 N–H and O–H groups in total. The van der Waals surface area contributed by atoms with Gasteiger partial charge in [-0.3, -0.25) is 9.59 Å². The molecule has 200 valence electrons. The summed E-state index contributed by atoms with van der Waals surface area (Å²) >= 11 is 0. The van der Waals surface area contributed by atoms with E-state index in [4.69, 9.17) is 14.2 Å². The Balaban J connectivity index is 1.46. The van der Waals surface area contributed by atoms with E-state index >= 15 is 0 Å². The first-order valence-corrected chi connectivity index (χ1v) is 12.0. The molecule has 1 heterocycles. The largest absolute Gasteiger partial charge is 0.497 e. The van der Waals surface area contributed by atoms with E-state index < -0.39 is 35.8 Å². The highest BCUT2D eigenvalue weighted by Crippen LogP contribution is 2.36. The fourth-order valence-corrected chi connectivity index (χ4v) is 3.81. The van der Waals surface area contributed by atoms with E-state index in [0.29, 0.717) is 17.9 Å². The molecular weight excluding hydrogens is 480 g/mol. The van der Waals surface area contributed by atoms with Gasteiger partial charge in [-0.25, -0.2) is 4.79 Å². The van der Waals surface area contributed by atoms with Gasteiger partial charge in [-0.2, -0.15) is 0 Å². The molecule has 0 aliphatic carbocycles. The van der Waals surface area contributed by atoms with Crippen molar-refractivity contribution in [2.24, 2.45) is 5.41 Å². The number of amides is 2. The van der Waals surface area contributed by atoms with E-state index in [0.717, 1.165) is 11.1 Å². The summed E-state index contributed by atoms with van der Waals surface area (Å²) in [5.41, 5.74) is 1.35. The van der Waals surface area contributed by atoms with E-state index in [1.807, 2.05) is 26.0 Å². The van der Waals surface area contributed by atoms with Crippen LogP contribution in [0.15, 0.2) is 48.5 Å². The van der Waals surface area contributed by atoms with E-state index in [-0.39, 0.29) is 25.4 Å². The molecule has 1 fully saturated rings. The van der Waals surface area contributed by atoms with Crippen molar-refractivity contribution in [3.63, 3.8) is 0 Å². The van der Waals surface area contributed by atoms with Crippen molar-refractivity contribution >= 4 is 17.8 Å². The van der Waals surface area contributed by atoms with E-state index in [9.17, 15) is 19.5 Å². The third-order valence-corrected chi connectivity index (χ3v) is 6.06. The average Bonchev–Trinajstić information content (AvgIpc) is 2.91. The maximum atomic E-state index is 12.9. The van der Waals surface area contributed by atoms with E-state index in [1.54, 1.807) is 43.5 Å². The van der Waals surface area contributed by atoms with Crippen LogP contribution in [0.25, 0.3) is 0 Å². The van der Waals surface area contributed by atoms with Crippen LogP contribution in [0.5, 0.6) is 5.75 Å². The minimum Gasteiger partial charge on any atom is -0.497 e. The van der Waals surface area contributed by atoms with Gasteiger partial charge in [-0.05, 0) is 36.2 Å². The SMILES string of the molecule is COC(=O)c1ccc(CNC(=O)C(O)CCNC(=O)[C@@H]2OC(c3ccc(OC)cc3)OCC2(C)C)cc1. The first kappa shape index (κ1) is 28.1. The highest BCUT2D eigenvalue weighted by molar-refractivity contribution is 5.89. The lowest BCUT2D eigenvalue weighted by molar-refractivity contribution is -0.258. The Hall–Kier alpha value is -3.47. The third kappa shape index (κ3) is 7.51. The number of esters is 1. The van der Waals surface area contributed by atoms with Gasteiger partial charge >= 0.3 is 5.97 Å². The van der Waals surface area contributed by atoms with Gasteiger partial charge in [0, 0.05) is 24.1 Å². The zero-order valence-corrected chi connectivity index (χ0v) is 21.5. The fourth-order valence-electron chi connectivity index (χ4n) is 3.81. The number of hydrogen-bond acceptors (Lipinski definition) is 8. The third-order valence-electron chi connectivity index (χ3n) is 6.06. The van der Waals surface area contributed by atoms with Crippen LogP contribution < -0.4 is 15.4 Å². The number of benzene rings is 2. The van der Waals surface area contributed by atoms with Crippen molar-refractivity contribution in [3.05, 3.63) is 65.2 Å². The molecule has 3 rings (SSSR count). The van der Waals surface area contributed by atoms with Gasteiger partial charge in [0.25, 0.3) is 0 Å². The number of aliphatic hydroxyl groups excluding tert-OH is 1. The number of ether oxygens (including phenoxy) is 4. The Morgan fingerprint density at radius 3 is 2.35 bits per heavy atom. The number of carbonyl (C=O) groups excluding carboxylic acids is 3. The van der Waals surface area contributed by atoms with Crippen molar-refractivity contribution < 1.29 is 38.4 Å². The average molecular weight is 515 g/mol. The summed E-state index contributed by atoms with van der Waals surface area (Å²) in [6, 6.07) is 13.8. The lowest BCUT2D eigenvalue weighted by Crippen LogP contribution is -2.52. The Labute approximate surface area is 216 Å². The standard InChI is InChI=1S/C27H34N2O8/c1-27(2)16-36-26(19-9-11-20(34-3)12-10-19)37-22(27)24(32)28-14-13-21(30)23(31)29-15-17-5-7-18(8-6-17)25(33)35-4/h5-12,21-22,26,30H,13-16H2,1-4H3,(H,28,32)(H,29,31)/t21?,22-,26?/m0/s1. The molecule has 0 saturated carbocycles. The number of aliphatic hydroxyl groups is 1. The van der Waals surface area contributed by atoms with E-state index in [2.05, 4.69) is 15.4 Å². The molecule has 0 aromatic heterocycles. The maximum Gasteiger partial charge on any atom is 0.337 e. The minimum atomic E-state index is -1.30. The van der Waals surface area contributed by atoms with E-state index in [1.165, 1.54) is 7.11 Å². The molecule has 0 radical (unpaired) electrons. The minimum absolute atomic E-state index is 0.0322. The van der Waals surface area contributed by atoms with Crippen LogP contribution in [0, 0.1) is 5.41 Å². The maximum absolute atomic E-state index is 12.9. The van der Waals surface area contributed by atoms with Gasteiger partial charge in [0.2, 0.25) is 11.8 Å². The number of carbonyl (C=O) groups is 3. The van der Waals surface area contributed by atoms with Crippen LogP contribution in [0.3, 0.4) is 0 Å². The number of hydrogen-bond donors (Lipinski definition) is 3. The summed E-state index contributed by atoms with van der Waals surface area (Å²) in [7, 11) is 2.88. The molecule has 1 aliphatic rings. The van der Waals surface area contributed by atoms with Gasteiger partial charge in [-0.1, -0.05) is 38.1 Å². The number of rotatable bonds is 10. The smallest absolute Gasteiger partial charge is 0.337 e. The zero-order valence-electron chi connectivity index (χ0n) is 21.5. The predicted octanol–water partition coefficient (Wildman–Crippen LogP) is 2.11. The lowest BCUT2D eigenvalue weighted by atomic mass is 9.85. The van der Waals surface area contributed by atoms with Crippen LogP contribution in [-0.2, 0) is 30.3 Å². The second-order valence-electron chi connectivity index (χ2n) is 9.42. The van der Waals surface area contributed by atoms with Crippen molar-refractivity contribution in [3.8, 4) is 5.75 Å². The lowest BCUT2D eigenvalue weighted by Gasteiger charge is -2.41. The number of methoxy groups -OCH3 is 2. The molecule has 0 bridgehead atoms. The summed E-state index contributed by atoms with van der Waals surface area (Å²) in [4.78, 5) is 36.7. The fraction of sp³-hybridized carbons (Fsp3) is 0.444. The molecule has 3 atom stereocenters. The second kappa shape index (κ2) is 12.7. The molecule has 1 saturated heterocycles.